The van der Waals surface area contributed by atoms with Gasteiger partial charge in [0.25, 0.3) is 0 Å². The molecule has 0 saturated heterocycles. The van der Waals surface area contributed by atoms with Crippen molar-refractivity contribution in [2.75, 3.05) is 77.3 Å². The minimum Gasteiger partial charge on any atom is -0.493 e. The predicted molar refractivity (Wildman–Crippen MR) is 616 cm³/mol. The third kappa shape index (κ3) is 30.5. The highest BCUT2D eigenvalue weighted by molar-refractivity contribution is 7.80. The van der Waals surface area contributed by atoms with Crippen LogP contribution in [-0.2, 0) is 84.8 Å². The smallest absolute Gasteiger partial charge is 0.228 e. The van der Waals surface area contributed by atoms with Crippen molar-refractivity contribution in [1.82, 2.24) is 21.3 Å². The van der Waals surface area contributed by atoms with Crippen LogP contribution in [0.2, 0.25) is 0 Å². The zero-order valence-electron chi connectivity index (χ0n) is 91.4. The van der Waals surface area contributed by atoms with E-state index in [2.05, 4.69) is 208 Å². The van der Waals surface area contributed by atoms with Crippen LogP contribution >= 0.6 is 28.6 Å². The molecule has 1 aliphatic rings. The number of carbonyl (C=O) groups is 4. The van der Waals surface area contributed by atoms with Gasteiger partial charge in [-0.05, 0) is 161 Å². The average Bonchev–Trinajstić information content (AvgIpc) is 0.749. The normalized spacial score (nSPS) is 13.1. The van der Waals surface area contributed by atoms with Crippen molar-refractivity contribution in [3.8, 4) is 23.0 Å². The summed E-state index contributed by atoms with van der Waals surface area (Å²) < 4.78 is 92.8. The van der Waals surface area contributed by atoms with Crippen LogP contribution in [0.15, 0.2) is 291 Å². The molecule has 0 unspecified atom stereocenters. The molecule has 0 atom stereocenters. The van der Waals surface area contributed by atoms with Gasteiger partial charge < -0.3 is 58.5 Å². The molecule has 12 aromatic carbocycles. The van der Waals surface area contributed by atoms with E-state index in [0.717, 1.165) is 92.4 Å². The molecule has 0 saturated carbocycles. The Morgan fingerprint density at radius 1 is 0.223 bits per heavy atom. The predicted octanol–water partition coefficient (Wildman–Crippen LogP) is 24.8. The topological polar surface area (TPSA) is 222 Å². The number of ether oxygens (including phenoxy) is 4. The maximum absolute atomic E-state index is 15.5. The molecule has 13 rings (SSSR count). The fourth-order valence-corrected chi connectivity index (χ4v) is 32.5. The van der Waals surface area contributed by atoms with Crippen LogP contribution in [0.1, 0.15) is 257 Å². The lowest BCUT2D eigenvalue weighted by atomic mass is 9.70. The van der Waals surface area contributed by atoms with Crippen molar-refractivity contribution < 1.29 is 56.4 Å². The summed E-state index contributed by atoms with van der Waals surface area (Å²) in [5.74, 6) is 1.33. The lowest BCUT2D eigenvalue weighted by Gasteiger charge is -2.36. The summed E-state index contributed by atoms with van der Waals surface area (Å²) in [5.41, 5.74) is 9.32. The van der Waals surface area contributed by atoms with E-state index in [0.29, 0.717) is 117 Å². The number of hydrogen-bond acceptors (Lipinski definition) is 12. The van der Waals surface area contributed by atoms with E-state index in [4.69, 9.17) is 18.9 Å². The van der Waals surface area contributed by atoms with E-state index in [1.54, 1.807) is 0 Å². The van der Waals surface area contributed by atoms with Crippen molar-refractivity contribution in [3.63, 3.8) is 0 Å². The second-order valence-electron chi connectivity index (χ2n) is 48.2. The zero-order chi connectivity index (χ0) is 107. The molecule has 4 N–H and O–H groups in total. The van der Waals surface area contributed by atoms with Crippen LogP contribution in [0.25, 0.3) is 0 Å². The molecule has 0 fully saturated rings. The van der Waals surface area contributed by atoms with Crippen LogP contribution in [0, 0.1) is 21.7 Å². The Bertz CT molecular complexity index is 5650. The second-order valence-corrected chi connectivity index (χ2v) is 59.5. The third-order valence-corrected chi connectivity index (χ3v) is 39.9. The van der Waals surface area contributed by atoms with Gasteiger partial charge in [-0.25, -0.2) is 0 Å². The average molecular weight is 2070 g/mol. The minimum atomic E-state index is -3.45. The minimum absolute atomic E-state index is 0.139. The van der Waals surface area contributed by atoms with E-state index >= 15 is 18.3 Å². The number of nitrogens with one attached hydrogen (secondary N) is 4. The summed E-state index contributed by atoms with van der Waals surface area (Å²) in [6.45, 7) is 47.8. The summed E-state index contributed by atoms with van der Waals surface area (Å²) in [6, 6.07) is 93.2. The van der Waals surface area contributed by atoms with Crippen LogP contribution in [-0.4, -0.2) is 101 Å². The lowest BCUT2D eigenvalue weighted by molar-refractivity contribution is -0.119. The fourth-order valence-electron chi connectivity index (χ4n) is 22.5. The van der Waals surface area contributed by atoms with Gasteiger partial charge in [0.1, 0.15) is 23.0 Å². The molecule has 16 nitrogen and oxygen atoms in total. The molecule has 8 bridgehead atoms. The number of fused-ring (bicyclic) bond motifs is 8. The zero-order valence-corrected chi connectivity index (χ0v) is 94.9. The maximum atomic E-state index is 15.5. The molecule has 12 aromatic rings. The highest BCUT2D eigenvalue weighted by Crippen LogP contribution is 2.52. The van der Waals surface area contributed by atoms with Gasteiger partial charge >= 0.3 is 0 Å². The molecule has 4 amide bonds. The standard InChI is InChI=1S/C128H160N4O12P4/c1-121(2,3)89-125(13,14)101-77-93-73-95-79-102(126(15,16)90-122(4,5)6)81-97(118(95)142-70-46-66-130-114(134)86-146(138,107-53-33-23-34-54-107)108-55-35-24-36-56-108)75-99-83-104(128(19,20)92-124(10,11)12)84-100(120(99)144-72-48-68-132-116(136)88-148(140,111-61-41-27-42-62-111)112-63-43-28-44-64-112)76-98-82-103(127(17,18)91-123(7,8)9)80-96(119(98)143-71-47-67-131-115(135)87-147(139,109-57-37-25-38-58-109)110-59-39-26-40-60-110)74-94(78-101)117(93)141-69-45-65-129-113(133)85-145(137,105-49-29-21-30-50-105)106-51-31-22-32-52-106/h21-44,49-64,77-84H,45-48,65-76,85-92H2,1-20H3,(H,129,133)(H,130,134)(H,131,135)(H,132,136). The van der Waals surface area contributed by atoms with Crippen molar-refractivity contribution >= 4 is 94.6 Å². The Labute approximate surface area is 883 Å². The largest absolute Gasteiger partial charge is 0.493 e. The maximum Gasteiger partial charge on any atom is 0.228 e. The molecule has 148 heavy (non-hydrogen) atoms. The Hall–Kier alpha value is -11.4. The molecule has 0 heterocycles. The first kappa shape index (κ1) is 114. The van der Waals surface area contributed by atoms with Gasteiger partial charge in [0.2, 0.25) is 23.6 Å². The fraction of sp³-hybridized carbons (Fsp3) is 0.406. The second kappa shape index (κ2) is 48.7. The van der Waals surface area contributed by atoms with Gasteiger partial charge in [0, 0.05) is 94.3 Å². The van der Waals surface area contributed by atoms with E-state index in [-0.39, 0.29) is 123 Å². The number of amides is 4. The van der Waals surface area contributed by atoms with Gasteiger partial charge in [-0.1, -0.05) is 430 Å². The first-order chi connectivity index (χ1) is 69.9. The van der Waals surface area contributed by atoms with Crippen molar-refractivity contribution in [2.24, 2.45) is 21.7 Å². The lowest BCUT2D eigenvalue weighted by Crippen LogP contribution is -2.32. The van der Waals surface area contributed by atoms with Crippen LogP contribution in [0.5, 0.6) is 23.0 Å². The number of benzene rings is 12. The summed E-state index contributed by atoms with van der Waals surface area (Å²) in [4.78, 5) is 58.6. The summed E-state index contributed by atoms with van der Waals surface area (Å²) in [5, 5.41) is 17.6. The van der Waals surface area contributed by atoms with Crippen LogP contribution in [0.3, 0.4) is 0 Å². The number of carbonyl (C=O) groups excluding carboxylic acids is 4. The van der Waals surface area contributed by atoms with Gasteiger partial charge in [0.15, 0.2) is 28.6 Å². The van der Waals surface area contributed by atoms with Crippen molar-refractivity contribution in [1.29, 1.82) is 0 Å². The SMILES string of the molecule is CC(C)(C)CC(C)(C)c1cc2c(OCCCNC(=O)CP(=O)(c3ccccc3)c3ccccc3)c(c1)Cc1cc(C(C)(C)CC(C)(C)C)cc(c1OCCCNC(=O)CP(=O)(c1ccccc1)c1ccccc1)Cc1cc(C(C)(C)CC(C)(C)C)cc(c1OCCCNC(=O)CP(=O)(c1ccccc1)c1ccccc1)Cc1cc(C(C)(C)CC(C)(C)C)cc(c1OCCCNC(=O)CP(=O)(c1ccccc1)c1ccccc1)C2. The van der Waals surface area contributed by atoms with Crippen molar-refractivity contribution in [2.45, 2.75) is 237 Å². The summed E-state index contributed by atoms with van der Waals surface area (Å²) in [7, 11) is -13.8. The van der Waals surface area contributed by atoms with E-state index in [1.165, 1.54) is 0 Å². The molecular formula is C128H160N4O12P4. The Morgan fingerprint density at radius 2 is 0.358 bits per heavy atom. The highest BCUT2D eigenvalue weighted by Gasteiger charge is 2.40. The Balaban J connectivity index is 1.01. The molecule has 784 valence electrons. The Morgan fingerprint density at radius 3 is 0.486 bits per heavy atom. The molecular weight excluding hydrogens is 1910 g/mol. The summed E-state index contributed by atoms with van der Waals surface area (Å²) in [6.07, 6.45) is 5.04. The first-order valence-electron chi connectivity index (χ1n) is 53.0. The molecule has 1 aliphatic carbocycles. The van der Waals surface area contributed by atoms with Crippen molar-refractivity contribution in [3.05, 3.63) is 358 Å². The van der Waals surface area contributed by atoms with E-state index in [9.17, 15) is 19.2 Å². The van der Waals surface area contributed by atoms with Gasteiger partial charge in [-0.2, -0.15) is 0 Å². The van der Waals surface area contributed by atoms with Crippen LogP contribution < -0.4 is 82.7 Å². The Kier molecular flexibility index (Phi) is 37.5. The molecule has 20 heteroatoms. The van der Waals surface area contributed by atoms with Gasteiger partial charge in [0.05, 0.1) is 51.1 Å². The monoisotopic (exact) mass is 2070 g/mol. The van der Waals surface area contributed by atoms with Crippen LogP contribution in [0.4, 0.5) is 0 Å². The molecule has 0 aliphatic heterocycles. The third-order valence-electron chi connectivity index (χ3n) is 27.9. The summed E-state index contributed by atoms with van der Waals surface area (Å²) >= 11 is 0. The quantitative estimate of drug-likeness (QED) is 0.0207. The molecule has 0 radical (unpaired) electrons. The molecule has 0 aromatic heterocycles. The van der Waals surface area contributed by atoms with E-state index in [1.807, 2.05) is 243 Å². The van der Waals surface area contributed by atoms with Gasteiger partial charge in [-0.15, -0.1) is 0 Å². The number of rotatable bonds is 44. The first-order valence-corrected chi connectivity index (χ1v) is 60.5. The molecule has 0 spiro atoms. The highest BCUT2D eigenvalue weighted by atomic mass is 31.2. The number of hydrogen-bond donors (Lipinski definition) is 4. The van der Waals surface area contributed by atoms with Gasteiger partial charge in [-0.3, -0.25) is 19.2 Å². The van der Waals surface area contributed by atoms with E-state index < -0.39 is 50.2 Å².